The second-order valence-electron chi connectivity index (χ2n) is 0.891. The lowest BCUT2D eigenvalue weighted by molar-refractivity contribution is 0.871. The third-order valence-electron chi connectivity index (χ3n) is 0.458. The summed E-state index contributed by atoms with van der Waals surface area (Å²) in [4.78, 5) is 3.12. The van der Waals surface area contributed by atoms with Gasteiger partial charge in [0.2, 0.25) is 0 Å². The average Bonchev–Trinajstić information content (AvgIpc) is 2.19. The van der Waals surface area contributed by atoms with E-state index in [0.717, 1.165) is 0 Å². The lowest BCUT2D eigenvalue weighted by Gasteiger charge is -1.80. The highest BCUT2D eigenvalue weighted by molar-refractivity contribution is 5.49. The molecule has 0 aromatic carbocycles. The topological polar surface area (TPSA) is 87.4 Å². The highest BCUT2D eigenvalue weighted by Gasteiger charge is 1.72. The summed E-state index contributed by atoms with van der Waals surface area (Å²) in [6.45, 7) is 0. The van der Waals surface area contributed by atoms with Gasteiger partial charge in [-0.15, -0.1) is 5.21 Å². The number of hydrogen-bond acceptors (Lipinski definition) is 4. The zero-order valence-electron chi connectivity index (χ0n) is 3.68. The third-order valence-corrected chi connectivity index (χ3v) is 0.458. The van der Waals surface area contributed by atoms with Gasteiger partial charge in [0, 0.05) is 0 Å². The molecule has 0 atom stereocenters. The van der Waals surface area contributed by atoms with Crippen molar-refractivity contribution in [3.05, 3.63) is 5.41 Å². The summed E-state index contributed by atoms with van der Waals surface area (Å²) in [5.41, 5.74) is 0. The summed E-state index contributed by atoms with van der Waals surface area (Å²) in [5, 5.41) is 20.5. The van der Waals surface area contributed by atoms with Gasteiger partial charge < -0.3 is 5.41 Å². The van der Waals surface area contributed by atoms with Crippen molar-refractivity contribution < 1.29 is 0 Å². The molecule has 0 saturated heterocycles. The van der Waals surface area contributed by atoms with E-state index in [2.05, 4.69) is 25.6 Å². The van der Waals surface area contributed by atoms with Gasteiger partial charge in [-0.05, 0) is 0 Å². The van der Waals surface area contributed by atoms with Crippen LogP contribution in [-0.2, 0) is 0 Å². The van der Waals surface area contributed by atoms with Gasteiger partial charge in [0.25, 0.3) is 0 Å². The second-order valence-corrected chi connectivity index (χ2v) is 0.891. The third kappa shape index (κ3) is 0.742. The van der Waals surface area contributed by atoms with Crippen molar-refractivity contribution in [1.29, 1.82) is 0 Å². The molecule has 1 aromatic rings. The normalized spacial score (nSPS) is 8.00. The fraction of sp³-hybridized carbons (Fsp3) is 0. The molecule has 0 saturated carbocycles. The summed E-state index contributed by atoms with van der Waals surface area (Å²) in [6.07, 6.45) is 0. The first-order valence-electron chi connectivity index (χ1n) is 1.72. The Morgan fingerprint density at radius 3 is 3.12 bits per heavy atom. The molecule has 6 nitrogen and oxygen atoms in total. The van der Waals surface area contributed by atoms with Crippen molar-refractivity contribution in [3.8, 4) is 0 Å². The number of hydrogen-bond donors (Lipinski definition) is 0. The van der Waals surface area contributed by atoms with E-state index in [-0.39, 0.29) is 5.95 Å². The maximum atomic E-state index is 7.89. The lowest BCUT2D eigenvalue weighted by atomic mass is 11.1. The van der Waals surface area contributed by atoms with Gasteiger partial charge in [0.05, 0.1) is 0 Å². The highest BCUT2D eigenvalue weighted by atomic mass is 15.5. The molecule has 8 heavy (non-hydrogen) atoms. The van der Waals surface area contributed by atoms with Crippen LogP contribution in [0, 0.1) is 0 Å². The Hall–Kier alpha value is -1.55. The van der Waals surface area contributed by atoms with Crippen molar-refractivity contribution in [2.45, 2.75) is 0 Å². The molecule has 40 valence electrons. The van der Waals surface area contributed by atoms with Crippen LogP contribution in [-0.4, -0.2) is 21.5 Å². The van der Waals surface area contributed by atoms with Crippen molar-refractivity contribution in [3.63, 3.8) is 0 Å². The van der Waals surface area contributed by atoms with E-state index in [1.807, 2.05) is 0 Å². The number of aliphatic imine (C=N–C) groups is 1. The molecular weight excluding hydrogens is 108 g/mol. The van der Waals surface area contributed by atoms with E-state index in [0.29, 0.717) is 0 Å². The van der Waals surface area contributed by atoms with Crippen LogP contribution < -0.4 is 5.10 Å². The average molecular weight is 108 g/mol. The molecule has 1 heterocycles. The standard InChI is InChI=1S/C2N6/c3-1-4-2-5-7-8-6-2/q-2. The van der Waals surface area contributed by atoms with Crippen molar-refractivity contribution in [2.24, 2.45) is 4.99 Å². The molecular formula is C2N6-2. The van der Waals surface area contributed by atoms with Crippen LogP contribution >= 0.6 is 0 Å². The molecule has 0 unspecified atom stereocenters. The minimum atomic E-state index is 0.00694. The van der Waals surface area contributed by atoms with Gasteiger partial charge in [0.1, 0.15) is 5.95 Å². The Bertz CT molecular complexity index is 192. The van der Waals surface area contributed by atoms with E-state index in [4.69, 9.17) is 5.41 Å². The Morgan fingerprint density at radius 2 is 2.62 bits per heavy atom. The van der Waals surface area contributed by atoms with Crippen molar-refractivity contribution >= 4 is 12.0 Å². The van der Waals surface area contributed by atoms with Crippen LogP contribution in [0.1, 0.15) is 0 Å². The van der Waals surface area contributed by atoms with Crippen LogP contribution in [0.25, 0.3) is 5.41 Å². The number of aromatic nitrogens is 4. The van der Waals surface area contributed by atoms with Gasteiger partial charge >= 0.3 is 0 Å². The Morgan fingerprint density at radius 1 is 1.75 bits per heavy atom. The quantitative estimate of drug-likeness (QED) is 0.440. The highest BCUT2D eigenvalue weighted by Crippen LogP contribution is 1.89. The van der Waals surface area contributed by atoms with Gasteiger partial charge in [0.15, 0.2) is 0 Å². The van der Waals surface area contributed by atoms with E-state index in [9.17, 15) is 0 Å². The van der Waals surface area contributed by atoms with Gasteiger partial charge in [-0.1, -0.05) is 6.01 Å². The van der Waals surface area contributed by atoms with E-state index < -0.39 is 0 Å². The molecule has 0 aliphatic heterocycles. The fourth-order valence-electron chi connectivity index (χ4n) is 0.229. The molecule has 0 aliphatic carbocycles. The second kappa shape index (κ2) is 1.94. The zero-order chi connectivity index (χ0) is 5.82. The van der Waals surface area contributed by atoms with Gasteiger partial charge in [-0.25, -0.2) is 5.10 Å². The summed E-state index contributed by atoms with van der Waals surface area (Å²) < 4.78 is 0. The minimum absolute atomic E-state index is 0.00694. The van der Waals surface area contributed by atoms with Crippen molar-refractivity contribution in [2.75, 3.05) is 0 Å². The largest absolute Gasteiger partial charge is 0.412 e. The molecule has 0 aliphatic rings. The molecule has 0 fully saturated rings. The van der Waals surface area contributed by atoms with E-state index >= 15 is 0 Å². The molecule has 0 amide bonds. The molecule has 1 rings (SSSR count). The summed E-state index contributed by atoms with van der Waals surface area (Å²) in [6, 6.07) is 1.49. The smallest absolute Gasteiger partial charge is 0.118 e. The number of nitrogens with zero attached hydrogens (tertiary/aromatic N) is 6. The monoisotopic (exact) mass is 108 g/mol. The number of tetrazole rings is 1. The maximum absolute atomic E-state index is 7.89. The lowest BCUT2D eigenvalue weighted by Crippen LogP contribution is -1.69. The van der Waals surface area contributed by atoms with Gasteiger partial charge in [-0.2, -0.15) is 5.21 Å². The first-order valence-corrected chi connectivity index (χ1v) is 1.72. The summed E-state index contributed by atoms with van der Waals surface area (Å²) in [7, 11) is 0. The first-order chi connectivity index (χ1) is 3.93. The molecule has 0 spiro atoms. The zero-order valence-corrected chi connectivity index (χ0v) is 3.68. The van der Waals surface area contributed by atoms with Crippen molar-refractivity contribution in [1.82, 2.24) is 20.6 Å². The summed E-state index contributed by atoms with van der Waals surface area (Å²) >= 11 is 0. The minimum Gasteiger partial charge on any atom is -0.412 e. The maximum Gasteiger partial charge on any atom is 0.118 e. The van der Waals surface area contributed by atoms with Crippen LogP contribution in [0.3, 0.4) is 0 Å². The van der Waals surface area contributed by atoms with Crippen LogP contribution in [0.4, 0.5) is 5.95 Å². The molecule has 1 aromatic heterocycles. The Kier molecular flexibility index (Phi) is 1.12. The van der Waals surface area contributed by atoms with Crippen LogP contribution in [0.5, 0.6) is 0 Å². The Balaban J connectivity index is 2.93. The predicted octanol–water partition coefficient (Wildman–Crippen LogP) is -0.796. The first kappa shape index (κ1) is 4.61. The summed E-state index contributed by atoms with van der Waals surface area (Å²) in [5.74, 6) is 0.00694. The number of rotatable bonds is 1. The van der Waals surface area contributed by atoms with E-state index in [1.54, 1.807) is 0 Å². The Labute approximate surface area is 44.2 Å². The molecule has 6 heteroatoms. The van der Waals surface area contributed by atoms with Gasteiger partial charge in [-0.3, -0.25) is 10.1 Å². The molecule has 0 radical (unpaired) electrons. The fourth-order valence-corrected chi connectivity index (χ4v) is 0.229. The molecule has 0 N–H and O–H groups in total. The van der Waals surface area contributed by atoms with Crippen LogP contribution in [0.15, 0.2) is 4.99 Å². The SMILES string of the molecule is [N-]=C=Nc1nnn[n-]1. The van der Waals surface area contributed by atoms with Crippen LogP contribution in [0.2, 0.25) is 0 Å². The predicted molar refractivity (Wildman–Crippen MR) is 23.6 cm³/mol. The van der Waals surface area contributed by atoms with E-state index in [1.165, 1.54) is 6.01 Å². The molecule has 0 bridgehead atoms.